The predicted molar refractivity (Wildman–Crippen MR) is 55.2 cm³/mol. The molecule has 1 amide bonds. The first kappa shape index (κ1) is 12.4. The fourth-order valence-electron chi connectivity index (χ4n) is 1.58. The third-order valence-electron chi connectivity index (χ3n) is 2.56. The van der Waals surface area contributed by atoms with Gasteiger partial charge >= 0.3 is 5.97 Å². The molecule has 1 rings (SSSR count). The topological polar surface area (TPSA) is 101 Å². The molecule has 88 valence electrons. The molecule has 1 fully saturated rings. The van der Waals surface area contributed by atoms with Crippen molar-refractivity contribution in [3.63, 3.8) is 0 Å². The van der Waals surface area contributed by atoms with Crippen LogP contribution in [0.15, 0.2) is 5.57 Å². The van der Waals surface area contributed by atoms with E-state index in [0.717, 1.165) is 12.8 Å². The van der Waals surface area contributed by atoms with E-state index < -0.39 is 12.0 Å². The zero-order valence-corrected chi connectivity index (χ0v) is 8.81. The van der Waals surface area contributed by atoms with E-state index in [1.165, 1.54) is 10.8 Å². The summed E-state index contributed by atoms with van der Waals surface area (Å²) in [5.74, 6) is 0.156. The Morgan fingerprint density at radius 1 is 1.56 bits per heavy atom. The van der Waals surface area contributed by atoms with Crippen molar-refractivity contribution < 1.29 is 19.5 Å². The standard InChI is InChI=1S/C10H14N2O4/c11-9(10(15)16)7(6-13)5-12-4-2-1-3-8(12)14/h9H,1-5,11H2,(H,15,16). The van der Waals surface area contributed by atoms with E-state index >= 15 is 0 Å². The maximum absolute atomic E-state index is 11.4. The Labute approximate surface area is 92.7 Å². The number of rotatable bonds is 4. The van der Waals surface area contributed by atoms with Gasteiger partial charge in [-0.25, -0.2) is 4.79 Å². The number of carbonyl (C=O) groups is 2. The van der Waals surface area contributed by atoms with Crippen LogP contribution in [0.4, 0.5) is 0 Å². The summed E-state index contributed by atoms with van der Waals surface area (Å²) in [5, 5.41) is 8.65. The van der Waals surface area contributed by atoms with Gasteiger partial charge in [-0.1, -0.05) is 0 Å². The average molecular weight is 226 g/mol. The Kier molecular flexibility index (Phi) is 4.22. The number of amides is 1. The summed E-state index contributed by atoms with van der Waals surface area (Å²) in [6.45, 7) is 0.506. The van der Waals surface area contributed by atoms with Gasteiger partial charge in [-0.2, -0.15) is 0 Å². The van der Waals surface area contributed by atoms with Crippen LogP contribution in [0.1, 0.15) is 19.3 Å². The van der Waals surface area contributed by atoms with Gasteiger partial charge in [-0.15, -0.1) is 0 Å². The lowest BCUT2D eigenvalue weighted by Crippen LogP contribution is -2.42. The molecule has 0 spiro atoms. The Balaban J connectivity index is 2.67. The SMILES string of the molecule is NC(C(=O)O)C(=C=O)CN1CCCCC1=O. The predicted octanol–water partition coefficient (Wildman–Crippen LogP) is -0.831. The summed E-state index contributed by atoms with van der Waals surface area (Å²) in [5.41, 5.74) is 5.20. The molecule has 3 N–H and O–H groups in total. The molecule has 6 nitrogen and oxygen atoms in total. The van der Waals surface area contributed by atoms with Crippen molar-refractivity contribution in [3.05, 3.63) is 5.57 Å². The van der Waals surface area contributed by atoms with Gasteiger partial charge in [-0.05, 0) is 12.8 Å². The van der Waals surface area contributed by atoms with Crippen LogP contribution >= 0.6 is 0 Å². The van der Waals surface area contributed by atoms with Gasteiger partial charge in [0.25, 0.3) is 0 Å². The first-order chi connectivity index (χ1) is 7.56. The molecule has 1 saturated heterocycles. The number of hydrogen-bond acceptors (Lipinski definition) is 4. The lowest BCUT2D eigenvalue weighted by molar-refractivity contribution is -0.138. The third kappa shape index (κ3) is 2.92. The highest BCUT2D eigenvalue weighted by Crippen LogP contribution is 2.12. The summed E-state index contributed by atoms with van der Waals surface area (Å²) >= 11 is 0. The lowest BCUT2D eigenvalue weighted by atomic mass is 10.1. The van der Waals surface area contributed by atoms with Crippen LogP contribution in [0.2, 0.25) is 0 Å². The molecule has 0 aromatic rings. The average Bonchev–Trinajstić information content (AvgIpc) is 2.27. The van der Waals surface area contributed by atoms with Gasteiger partial charge in [0, 0.05) is 13.0 Å². The Hall–Kier alpha value is -1.65. The Bertz CT molecular complexity index is 347. The van der Waals surface area contributed by atoms with Gasteiger partial charge in [-0.3, -0.25) is 9.59 Å². The first-order valence-electron chi connectivity index (χ1n) is 5.06. The number of nitrogens with two attached hydrogens (primary N) is 1. The van der Waals surface area contributed by atoms with E-state index in [0.29, 0.717) is 13.0 Å². The maximum atomic E-state index is 11.4. The van der Waals surface area contributed by atoms with Crippen LogP contribution in [0.3, 0.4) is 0 Å². The highest BCUT2D eigenvalue weighted by molar-refractivity contribution is 5.82. The number of nitrogens with zero attached hydrogens (tertiary/aromatic N) is 1. The molecular formula is C10H14N2O4. The summed E-state index contributed by atoms with van der Waals surface area (Å²) in [6.07, 6.45) is 2.13. The third-order valence-corrected chi connectivity index (χ3v) is 2.56. The molecule has 0 aromatic heterocycles. The highest BCUT2D eigenvalue weighted by Gasteiger charge is 2.24. The Morgan fingerprint density at radius 2 is 2.25 bits per heavy atom. The zero-order chi connectivity index (χ0) is 12.1. The van der Waals surface area contributed by atoms with Crippen molar-refractivity contribution in [2.75, 3.05) is 13.1 Å². The van der Waals surface area contributed by atoms with E-state index in [1.807, 2.05) is 0 Å². The van der Waals surface area contributed by atoms with Gasteiger partial charge < -0.3 is 15.7 Å². The minimum absolute atomic E-state index is 0.0319. The molecule has 0 saturated carbocycles. The minimum Gasteiger partial charge on any atom is -0.480 e. The molecule has 0 bridgehead atoms. The van der Waals surface area contributed by atoms with Crippen LogP contribution in [0.25, 0.3) is 0 Å². The summed E-state index contributed by atoms with van der Waals surface area (Å²) in [7, 11) is 0. The van der Waals surface area contributed by atoms with Crippen LogP contribution in [0.5, 0.6) is 0 Å². The van der Waals surface area contributed by atoms with Gasteiger partial charge in [0.2, 0.25) is 5.91 Å². The van der Waals surface area contributed by atoms with E-state index in [2.05, 4.69) is 0 Å². The molecule has 6 heteroatoms. The molecule has 1 unspecified atom stereocenters. The number of carboxylic acids is 1. The van der Waals surface area contributed by atoms with Crippen molar-refractivity contribution in [3.8, 4) is 0 Å². The van der Waals surface area contributed by atoms with Gasteiger partial charge in [0.15, 0.2) is 0 Å². The molecule has 1 heterocycles. The monoisotopic (exact) mass is 226 g/mol. The minimum atomic E-state index is -1.38. The van der Waals surface area contributed by atoms with Crippen LogP contribution in [-0.4, -0.2) is 47.0 Å². The zero-order valence-electron chi connectivity index (χ0n) is 8.81. The largest absolute Gasteiger partial charge is 0.480 e. The van der Waals surface area contributed by atoms with E-state index in [9.17, 15) is 14.4 Å². The molecule has 1 aliphatic rings. The smallest absolute Gasteiger partial charge is 0.325 e. The van der Waals surface area contributed by atoms with Crippen molar-refractivity contribution in [2.24, 2.45) is 5.73 Å². The Morgan fingerprint density at radius 3 is 2.75 bits per heavy atom. The van der Waals surface area contributed by atoms with Crippen LogP contribution < -0.4 is 5.73 Å². The van der Waals surface area contributed by atoms with Crippen molar-refractivity contribution in [1.82, 2.24) is 4.90 Å². The second-order valence-electron chi connectivity index (χ2n) is 3.72. The lowest BCUT2D eigenvalue weighted by Gasteiger charge is -2.27. The van der Waals surface area contributed by atoms with Crippen LogP contribution in [0, 0.1) is 0 Å². The fraction of sp³-hybridized carbons (Fsp3) is 0.600. The molecule has 0 radical (unpaired) electrons. The number of piperidine rings is 1. The number of aliphatic carboxylic acids is 1. The number of carboxylic acid groups (broad SMARTS) is 1. The quantitative estimate of drug-likeness (QED) is 0.609. The summed E-state index contributed by atoms with van der Waals surface area (Å²) in [4.78, 5) is 34.1. The fourth-order valence-corrected chi connectivity index (χ4v) is 1.58. The normalized spacial score (nSPS) is 17.8. The number of likely N-dealkylation sites (tertiary alicyclic amines) is 1. The summed E-state index contributed by atoms with van der Waals surface area (Å²) < 4.78 is 0. The maximum Gasteiger partial charge on any atom is 0.325 e. The molecule has 1 atom stereocenters. The second kappa shape index (κ2) is 5.44. The van der Waals surface area contributed by atoms with Gasteiger partial charge in [0.1, 0.15) is 12.0 Å². The van der Waals surface area contributed by atoms with E-state index in [-0.39, 0.29) is 18.0 Å². The molecule has 16 heavy (non-hydrogen) atoms. The van der Waals surface area contributed by atoms with Crippen molar-refractivity contribution in [2.45, 2.75) is 25.3 Å². The van der Waals surface area contributed by atoms with Crippen molar-refractivity contribution in [1.29, 1.82) is 0 Å². The molecule has 0 aliphatic carbocycles. The van der Waals surface area contributed by atoms with Crippen molar-refractivity contribution >= 4 is 17.8 Å². The van der Waals surface area contributed by atoms with E-state index in [4.69, 9.17) is 10.8 Å². The highest BCUT2D eigenvalue weighted by atomic mass is 16.4. The van der Waals surface area contributed by atoms with Gasteiger partial charge in [0.05, 0.1) is 12.1 Å². The molecule has 1 aliphatic heterocycles. The second-order valence-corrected chi connectivity index (χ2v) is 3.72. The summed E-state index contributed by atoms with van der Waals surface area (Å²) in [6, 6.07) is -1.38. The number of carbonyl (C=O) groups excluding carboxylic acids is 2. The first-order valence-corrected chi connectivity index (χ1v) is 5.06. The van der Waals surface area contributed by atoms with E-state index in [1.54, 1.807) is 0 Å². The molecule has 0 aromatic carbocycles. The van der Waals surface area contributed by atoms with Crippen LogP contribution in [-0.2, 0) is 14.4 Å². The number of hydrogen-bond donors (Lipinski definition) is 2. The molecular weight excluding hydrogens is 212 g/mol.